The van der Waals surface area contributed by atoms with Crippen molar-refractivity contribution in [3.05, 3.63) is 18.2 Å². The molecule has 16 heteroatoms. The van der Waals surface area contributed by atoms with Gasteiger partial charge in [0.25, 0.3) is 0 Å². The average molecular weight is 528 g/mol. The molecule has 0 fully saturated rings. The molecule has 0 bridgehead atoms. The Morgan fingerprint density at radius 2 is 1.49 bits per heavy atom. The SMILES string of the molecule is NCCCCC(NC(=O)C(Cc1cnc[nH]1)NC(=O)C(CCC(=O)O)NC(=O)C(N)CC(=O)O)C(=O)O. The van der Waals surface area contributed by atoms with E-state index in [9.17, 15) is 33.9 Å². The van der Waals surface area contributed by atoms with Crippen molar-refractivity contribution in [2.45, 2.75) is 69.1 Å². The lowest BCUT2D eigenvalue weighted by atomic mass is 10.1. The summed E-state index contributed by atoms with van der Waals surface area (Å²) < 4.78 is 0. The minimum atomic E-state index is -1.51. The van der Waals surface area contributed by atoms with Gasteiger partial charge in [-0.15, -0.1) is 0 Å². The maximum Gasteiger partial charge on any atom is 0.326 e. The maximum absolute atomic E-state index is 13.0. The smallest absolute Gasteiger partial charge is 0.326 e. The molecule has 0 aliphatic heterocycles. The van der Waals surface area contributed by atoms with Crippen molar-refractivity contribution in [2.75, 3.05) is 6.54 Å². The van der Waals surface area contributed by atoms with Crippen LogP contribution in [0.4, 0.5) is 0 Å². The van der Waals surface area contributed by atoms with E-state index in [2.05, 4.69) is 25.9 Å². The van der Waals surface area contributed by atoms with E-state index >= 15 is 0 Å². The topological polar surface area (TPSA) is 280 Å². The average Bonchev–Trinajstić information content (AvgIpc) is 3.32. The summed E-state index contributed by atoms with van der Waals surface area (Å²) in [5.41, 5.74) is 11.4. The molecule has 0 aliphatic carbocycles. The molecule has 16 nitrogen and oxygen atoms in total. The number of amides is 3. The monoisotopic (exact) mass is 527 g/mol. The van der Waals surface area contributed by atoms with Gasteiger partial charge in [0, 0.05) is 24.7 Å². The Kier molecular flexibility index (Phi) is 13.3. The molecule has 3 amide bonds. The van der Waals surface area contributed by atoms with Crippen molar-refractivity contribution >= 4 is 35.6 Å². The standard InChI is InChI=1S/C21H33N7O9/c22-6-2-1-3-14(21(36)37)27-20(35)15(7-11-9-24-10-25-11)28-19(34)13(4-5-16(29)30)26-18(33)12(23)8-17(31)32/h9-10,12-15H,1-8,22-23H2,(H,24,25)(H,26,33)(H,27,35)(H,28,34)(H,29,30)(H,31,32)(H,36,37). The lowest BCUT2D eigenvalue weighted by Gasteiger charge is -2.25. The molecule has 1 rings (SSSR count). The highest BCUT2D eigenvalue weighted by molar-refractivity contribution is 5.95. The van der Waals surface area contributed by atoms with Crippen LogP contribution in [-0.4, -0.2) is 91.6 Å². The zero-order valence-electron chi connectivity index (χ0n) is 20.0. The second-order valence-corrected chi connectivity index (χ2v) is 8.22. The first-order valence-electron chi connectivity index (χ1n) is 11.4. The number of nitrogens with zero attached hydrogens (tertiary/aromatic N) is 1. The van der Waals surface area contributed by atoms with Gasteiger partial charge in [-0.1, -0.05) is 0 Å². The number of nitrogens with two attached hydrogens (primary N) is 2. The van der Waals surface area contributed by atoms with Gasteiger partial charge in [-0.05, 0) is 32.2 Å². The quantitative estimate of drug-likeness (QED) is 0.0881. The van der Waals surface area contributed by atoms with Crippen molar-refractivity contribution in [1.29, 1.82) is 0 Å². The molecule has 0 spiro atoms. The highest BCUT2D eigenvalue weighted by Gasteiger charge is 2.31. The van der Waals surface area contributed by atoms with Crippen LogP contribution in [0.25, 0.3) is 0 Å². The van der Waals surface area contributed by atoms with Gasteiger partial charge in [-0.3, -0.25) is 24.0 Å². The summed E-state index contributed by atoms with van der Waals surface area (Å²) in [5, 5.41) is 34.3. The number of H-pyrrole nitrogens is 1. The summed E-state index contributed by atoms with van der Waals surface area (Å²) in [6.07, 6.45) is 2.01. The van der Waals surface area contributed by atoms with E-state index in [1.165, 1.54) is 12.5 Å². The number of aliphatic carboxylic acids is 3. The van der Waals surface area contributed by atoms with Gasteiger partial charge in [-0.25, -0.2) is 9.78 Å². The molecular weight excluding hydrogens is 494 g/mol. The van der Waals surface area contributed by atoms with E-state index in [-0.39, 0.29) is 19.3 Å². The summed E-state index contributed by atoms with van der Waals surface area (Å²) in [6, 6.07) is -5.56. The van der Waals surface area contributed by atoms with Crippen LogP contribution in [0.3, 0.4) is 0 Å². The fraction of sp³-hybridized carbons (Fsp3) is 0.571. The van der Waals surface area contributed by atoms with Gasteiger partial charge in [0.2, 0.25) is 17.7 Å². The van der Waals surface area contributed by atoms with Crippen molar-refractivity contribution in [3.8, 4) is 0 Å². The Balaban J connectivity index is 3.06. The number of carboxylic acids is 3. The van der Waals surface area contributed by atoms with E-state index in [0.717, 1.165) is 0 Å². The number of hydrogen-bond donors (Lipinski definition) is 9. The third kappa shape index (κ3) is 12.0. The van der Waals surface area contributed by atoms with Crippen LogP contribution in [0.15, 0.2) is 12.5 Å². The fourth-order valence-corrected chi connectivity index (χ4v) is 3.22. The van der Waals surface area contributed by atoms with E-state index in [1.807, 2.05) is 0 Å². The molecule has 1 aromatic rings. The summed E-state index contributed by atoms with van der Waals surface area (Å²) in [5.74, 6) is -6.70. The van der Waals surface area contributed by atoms with Gasteiger partial charge in [0.15, 0.2) is 0 Å². The van der Waals surface area contributed by atoms with E-state index in [0.29, 0.717) is 25.1 Å². The minimum Gasteiger partial charge on any atom is -0.481 e. The molecule has 0 aliphatic rings. The van der Waals surface area contributed by atoms with Crippen LogP contribution in [-0.2, 0) is 35.2 Å². The molecule has 37 heavy (non-hydrogen) atoms. The van der Waals surface area contributed by atoms with Crippen LogP contribution in [0, 0.1) is 0 Å². The molecule has 4 atom stereocenters. The van der Waals surface area contributed by atoms with Crippen LogP contribution in [0.1, 0.15) is 44.2 Å². The maximum atomic E-state index is 13.0. The van der Waals surface area contributed by atoms with Gasteiger partial charge >= 0.3 is 17.9 Å². The number of unbranched alkanes of at least 4 members (excludes halogenated alkanes) is 1. The Bertz CT molecular complexity index is 939. The minimum absolute atomic E-state index is 0.0990. The second kappa shape index (κ2) is 15.8. The number of hydrogen-bond acceptors (Lipinski definition) is 9. The molecule has 0 saturated heterocycles. The lowest BCUT2D eigenvalue weighted by Crippen LogP contribution is -2.57. The normalized spacial score (nSPS) is 14.0. The largest absolute Gasteiger partial charge is 0.481 e. The number of carboxylic acid groups (broad SMARTS) is 3. The first kappa shape index (κ1) is 31.0. The Labute approximate surface area is 211 Å². The summed E-state index contributed by atoms with van der Waals surface area (Å²) >= 11 is 0. The van der Waals surface area contributed by atoms with Crippen LogP contribution < -0.4 is 27.4 Å². The predicted molar refractivity (Wildman–Crippen MR) is 126 cm³/mol. The van der Waals surface area contributed by atoms with Crippen molar-refractivity contribution in [1.82, 2.24) is 25.9 Å². The van der Waals surface area contributed by atoms with Crippen molar-refractivity contribution < 1.29 is 44.1 Å². The second-order valence-electron chi connectivity index (χ2n) is 8.22. The van der Waals surface area contributed by atoms with Gasteiger partial charge in [-0.2, -0.15) is 0 Å². The van der Waals surface area contributed by atoms with Crippen molar-refractivity contribution in [2.24, 2.45) is 11.5 Å². The first-order valence-corrected chi connectivity index (χ1v) is 11.4. The molecule has 11 N–H and O–H groups in total. The van der Waals surface area contributed by atoms with Gasteiger partial charge in [0.05, 0.1) is 18.8 Å². The number of rotatable bonds is 18. The predicted octanol–water partition coefficient (Wildman–Crippen LogP) is -2.71. The molecule has 0 saturated carbocycles. The lowest BCUT2D eigenvalue weighted by molar-refractivity contribution is -0.142. The zero-order chi connectivity index (χ0) is 28.0. The molecule has 0 radical (unpaired) electrons. The van der Waals surface area contributed by atoms with E-state index < -0.39 is 72.6 Å². The molecular formula is C21H33N7O9. The van der Waals surface area contributed by atoms with Crippen LogP contribution in [0.2, 0.25) is 0 Å². The van der Waals surface area contributed by atoms with Crippen LogP contribution >= 0.6 is 0 Å². The van der Waals surface area contributed by atoms with Gasteiger partial charge < -0.3 is 47.7 Å². The third-order valence-corrected chi connectivity index (χ3v) is 5.18. The number of carbonyl (C=O) groups excluding carboxylic acids is 3. The van der Waals surface area contributed by atoms with E-state index in [1.54, 1.807) is 0 Å². The molecule has 4 unspecified atom stereocenters. The number of imidazole rings is 1. The number of aromatic amines is 1. The molecule has 206 valence electrons. The summed E-state index contributed by atoms with van der Waals surface area (Å²) in [7, 11) is 0. The highest BCUT2D eigenvalue weighted by atomic mass is 16.4. The number of nitrogens with one attached hydrogen (secondary N) is 4. The summed E-state index contributed by atoms with van der Waals surface area (Å²) in [6.45, 7) is 0.346. The van der Waals surface area contributed by atoms with Gasteiger partial charge in [0.1, 0.15) is 18.1 Å². The van der Waals surface area contributed by atoms with E-state index in [4.69, 9.17) is 21.7 Å². The highest BCUT2D eigenvalue weighted by Crippen LogP contribution is 2.06. The Morgan fingerprint density at radius 3 is 2.03 bits per heavy atom. The molecule has 1 heterocycles. The van der Waals surface area contributed by atoms with Crippen LogP contribution in [0.5, 0.6) is 0 Å². The number of carbonyl (C=O) groups is 6. The Morgan fingerprint density at radius 1 is 0.865 bits per heavy atom. The molecule has 1 aromatic heterocycles. The Hall–Kier alpha value is -4.05. The first-order chi connectivity index (χ1) is 17.4. The summed E-state index contributed by atoms with van der Waals surface area (Å²) in [4.78, 5) is 78.3. The number of aromatic nitrogens is 2. The molecule has 0 aromatic carbocycles. The third-order valence-electron chi connectivity index (χ3n) is 5.18. The zero-order valence-corrected chi connectivity index (χ0v) is 20.0. The fourth-order valence-electron chi connectivity index (χ4n) is 3.22. The van der Waals surface area contributed by atoms with Crippen molar-refractivity contribution in [3.63, 3.8) is 0 Å².